The highest BCUT2D eigenvalue weighted by atomic mass is 16.6. The highest BCUT2D eigenvalue weighted by Gasteiger charge is 2.10. The van der Waals surface area contributed by atoms with Crippen LogP contribution >= 0.6 is 0 Å². The van der Waals surface area contributed by atoms with Gasteiger partial charge in [-0.15, -0.1) is 0 Å². The lowest BCUT2D eigenvalue weighted by atomic mass is 10.1. The first-order valence-corrected chi connectivity index (χ1v) is 5.30. The van der Waals surface area contributed by atoms with Gasteiger partial charge in [0.2, 0.25) is 0 Å². The van der Waals surface area contributed by atoms with E-state index in [9.17, 15) is 14.9 Å². The van der Waals surface area contributed by atoms with Gasteiger partial charge in [0.25, 0.3) is 5.69 Å². The standard InChI is InChI=1S/C12H12N2O3/c1-8(2)13-6-5-12(15)10-7-9(14(16)17)3-4-11(10)13/h3-8H,1-2H3. The predicted octanol–water partition coefficient (Wildman–Crippen LogP) is 2.49. The summed E-state index contributed by atoms with van der Waals surface area (Å²) >= 11 is 0. The molecule has 2 rings (SSSR count). The maximum atomic E-state index is 11.7. The summed E-state index contributed by atoms with van der Waals surface area (Å²) in [6, 6.07) is 6.00. The summed E-state index contributed by atoms with van der Waals surface area (Å²) in [4.78, 5) is 21.9. The monoisotopic (exact) mass is 232 g/mol. The van der Waals surface area contributed by atoms with E-state index in [1.54, 1.807) is 12.3 Å². The Labute approximate surface area is 97.5 Å². The summed E-state index contributed by atoms with van der Waals surface area (Å²) in [5.74, 6) is 0. The number of rotatable bonds is 2. The van der Waals surface area contributed by atoms with Crippen molar-refractivity contribution in [2.75, 3.05) is 0 Å². The predicted molar refractivity (Wildman–Crippen MR) is 65.2 cm³/mol. The van der Waals surface area contributed by atoms with Gasteiger partial charge in [-0.3, -0.25) is 14.9 Å². The van der Waals surface area contributed by atoms with Crippen LogP contribution in [0.5, 0.6) is 0 Å². The van der Waals surface area contributed by atoms with Crippen molar-refractivity contribution in [2.45, 2.75) is 19.9 Å². The maximum Gasteiger partial charge on any atom is 0.270 e. The van der Waals surface area contributed by atoms with Crippen LogP contribution in [0.15, 0.2) is 35.3 Å². The van der Waals surface area contributed by atoms with Gasteiger partial charge in [0.15, 0.2) is 5.43 Å². The van der Waals surface area contributed by atoms with E-state index in [2.05, 4.69) is 0 Å². The van der Waals surface area contributed by atoms with E-state index in [1.165, 1.54) is 18.2 Å². The van der Waals surface area contributed by atoms with E-state index in [0.29, 0.717) is 5.39 Å². The number of fused-ring (bicyclic) bond motifs is 1. The summed E-state index contributed by atoms with van der Waals surface area (Å²) in [6.45, 7) is 3.98. The fourth-order valence-corrected chi connectivity index (χ4v) is 1.83. The molecule has 17 heavy (non-hydrogen) atoms. The number of hydrogen-bond donors (Lipinski definition) is 0. The van der Waals surface area contributed by atoms with Crippen molar-refractivity contribution >= 4 is 16.6 Å². The van der Waals surface area contributed by atoms with Gasteiger partial charge < -0.3 is 4.57 Å². The molecule has 0 amide bonds. The summed E-state index contributed by atoms with van der Waals surface area (Å²) in [7, 11) is 0. The molecule has 1 aromatic heterocycles. The molecular formula is C12H12N2O3. The third-order valence-corrected chi connectivity index (χ3v) is 2.68. The molecule has 0 saturated heterocycles. The molecule has 1 heterocycles. The van der Waals surface area contributed by atoms with E-state index in [0.717, 1.165) is 5.52 Å². The largest absolute Gasteiger partial charge is 0.345 e. The van der Waals surface area contributed by atoms with E-state index in [4.69, 9.17) is 0 Å². The molecule has 0 fully saturated rings. The Morgan fingerprint density at radius 1 is 1.29 bits per heavy atom. The Bertz CT molecular complexity index is 644. The zero-order valence-electron chi connectivity index (χ0n) is 9.58. The zero-order chi connectivity index (χ0) is 12.6. The fraction of sp³-hybridized carbons (Fsp3) is 0.250. The maximum absolute atomic E-state index is 11.7. The number of benzene rings is 1. The number of nitrogens with zero attached hydrogens (tertiary/aromatic N) is 2. The molecule has 0 bridgehead atoms. The van der Waals surface area contributed by atoms with Crippen molar-refractivity contribution in [3.05, 3.63) is 50.8 Å². The first-order valence-electron chi connectivity index (χ1n) is 5.30. The molecule has 0 saturated carbocycles. The smallest absolute Gasteiger partial charge is 0.270 e. The average Bonchev–Trinajstić information content (AvgIpc) is 2.28. The first-order chi connectivity index (χ1) is 8.00. The quantitative estimate of drug-likeness (QED) is 0.590. The fourth-order valence-electron chi connectivity index (χ4n) is 1.83. The Kier molecular flexibility index (Phi) is 2.67. The first kappa shape index (κ1) is 11.3. The molecule has 2 aromatic rings. The molecule has 0 aliphatic heterocycles. The molecule has 5 heteroatoms. The number of non-ortho nitro benzene ring substituents is 1. The van der Waals surface area contributed by atoms with Gasteiger partial charge in [0, 0.05) is 30.4 Å². The zero-order valence-corrected chi connectivity index (χ0v) is 9.58. The summed E-state index contributed by atoms with van der Waals surface area (Å²) < 4.78 is 1.92. The third-order valence-electron chi connectivity index (χ3n) is 2.68. The lowest BCUT2D eigenvalue weighted by molar-refractivity contribution is -0.384. The number of nitro groups is 1. The van der Waals surface area contributed by atoms with Crippen LogP contribution in [-0.2, 0) is 0 Å². The van der Waals surface area contributed by atoms with Gasteiger partial charge in [0.05, 0.1) is 15.8 Å². The Morgan fingerprint density at radius 2 is 2.00 bits per heavy atom. The second-order valence-electron chi connectivity index (χ2n) is 4.14. The highest BCUT2D eigenvalue weighted by molar-refractivity contribution is 5.81. The van der Waals surface area contributed by atoms with Gasteiger partial charge in [-0.1, -0.05) is 0 Å². The van der Waals surface area contributed by atoms with Crippen LogP contribution in [0, 0.1) is 10.1 Å². The van der Waals surface area contributed by atoms with E-state index in [-0.39, 0.29) is 17.2 Å². The molecule has 88 valence electrons. The van der Waals surface area contributed by atoms with Crippen LogP contribution in [0.2, 0.25) is 0 Å². The number of hydrogen-bond acceptors (Lipinski definition) is 3. The number of nitro benzene ring substituents is 1. The highest BCUT2D eigenvalue weighted by Crippen LogP contribution is 2.20. The molecule has 5 nitrogen and oxygen atoms in total. The van der Waals surface area contributed by atoms with Crippen molar-refractivity contribution in [3.63, 3.8) is 0 Å². The van der Waals surface area contributed by atoms with Gasteiger partial charge >= 0.3 is 0 Å². The summed E-state index contributed by atoms with van der Waals surface area (Å²) in [6.07, 6.45) is 1.71. The Balaban J connectivity index is 2.82. The van der Waals surface area contributed by atoms with Crippen LogP contribution in [0.4, 0.5) is 5.69 Å². The molecule has 0 spiro atoms. The minimum atomic E-state index is -0.494. The molecule has 0 atom stereocenters. The average molecular weight is 232 g/mol. The van der Waals surface area contributed by atoms with E-state index >= 15 is 0 Å². The Hall–Kier alpha value is -2.17. The van der Waals surface area contributed by atoms with Crippen molar-refractivity contribution in [1.29, 1.82) is 0 Å². The van der Waals surface area contributed by atoms with Crippen molar-refractivity contribution in [1.82, 2.24) is 4.57 Å². The van der Waals surface area contributed by atoms with Crippen LogP contribution in [0.3, 0.4) is 0 Å². The van der Waals surface area contributed by atoms with Crippen LogP contribution in [0.25, 0.3) is 10.9 Å². The van der Waals surface area contributed by atoms with E-state index in [1.807, 2.05) is 18.4 Å². The molecule has 0 aliphatic rings. The van der Waals surface area contributed by atoms with Gasteiger partial charge in [-0.2, -0.15) is 0 Å². The van der Waals surface area contributed by atoms with E-state index < -0.39 is 4.92 Å². The minimum absolute atomic E-state index is 0.0592. The normalized spacial score (nSPS) is 11.0. The van der Waals surface area contributed by atoms with Crippen LogP contribution < -0.4 is 5.43 Å². The van der Waals surface area contributed by atoms with Gasteiger partial charge in [0.1, 0.15) is 0 Å². The number of aromatic nitrogens is 1. The molecular weight excluding hydrogens is 220 g/mol. The topological polar surface area (TPSA) is 65.1 Å². The third kappa shape index (κ3) is 1.91. The number of pyridine rings is 1. The molecule has 0 radical (unpaired) electrons. The van der Waals surface area contributed by atoms with Crippen LogP contribution in [0.1, 0.15) is 19.9 Å². The summed E-state index contributed by atoms with van der Waals surface area (Å²) in [5, 5.41) is 11.1. The molecule has 0 aliphatic carbocycles. The lowest BCUT2D eigenvalue weighted by Crippen LogP contribution is -2.09. The van der Waals surface area contributed by atoms with Gasteiger partial charge in [-0.25, -0.2) is 0 Å². The van der Waals surface area contributed by atoms with Crippen molar-refractivity contribution in [3.8, 4) is 0 Å². The molecule has 0 N–H and O–H groups in total. The van der Waals surface area contributed by atoms with Crippen molar-refractivity contribution < 1.29 is 4.92 Å². The molecule has 0 unspecified atom stereocenters. The lowest BCUT2D eigenvalue weighted by Gasteiger charge is -2.13. The second kappa shape index (κ2) is 4.01. The summed E-state index contributed by atoms with van der Waals surface area (Å²) in [5.41, 5.74) is 0.467. The second-order valence-corrected chi connectivity index (χ2v) is 4.14. The molecule has 1 aromatic carbocycles. The van der Waals surface area contributed by atoms with Crippen LogP contribution in [-0.4, -0.2) is 9.49 Å². The van der Waals surface area contributed by atoms with Gasteiger partial charge in [-0.05, 0) is 19.9 Å². The van der Waals surface area contributed by atoms with Crippen molar-refractivity contribution in [2.24, 2.45) is 0 Å². The Morgan fingerprint density at radius 3 is 2.59 bits per heavy atom. The SMILES string of the molecule is CC(C)n1ccc(=O)c2cc([N+](=O)[O-])ccc21. The minimum Gasteiger partial charge on any atom is -0.345 e.